The van der Waals surface area contributed by atoms with Gasteiger partial charge in [0.2, 0.25) is 0 Å². The monoisotopic (exact) mass is 525 g/mol. The van der Waals surface area contributed by atoms with Crippen molar-refractivity contribution in [3.63, 3.8) is 0 Å². The second-order valence-electron chi connectivity index (χ2n) is 12.1. The van der Waals surface area contributed by atoms with Gasteiger partial charge < -0.3 is 26.4 Å². The van der Waals surface area contributed by atoms with Gasteiger partial charge in [0.1, 0.15) is 25.4 Å². The molecule has 3 aromatic rings. The summed E-state index contributed by atoms with van der Waals surface area (Å²) in [6, 6.07) is 31.2. The normalized spacial score (nSPS) is 11.6. The Labute approximate surface area is 232 Å². The van der Waals surface area contributed by atoms with Crippen LogP contribution in [0.25, 0.3) is 0 Å². The fraction of sp³-hybridized carbons (Fsp3) is 0.455. The van der Waals surface area contributed by atoms with Crippen molar-refractivity contribution in [1.29, 1.82) is 0 Å². The molecule has 204 valence electrons. The smallest absolute Gasteiger partial charge is 0.119 e. The molecule has 0 unspecified atom stereocenters. The summed E-state index contributed by atoms with van der Waals surface area (Å²) in [6.07, 6.45) is 1.15. The Morgan fingerprint density at radius 2 is 1.16 bits per heavy atom. The summed E-state index contributed by atoms with van der Waals surface area (Å²) in [7, 11) is 4.49. The minimum Gasteiger partial charge on any atom is -1.00 e. The van der Waals surface area contributed by atoms with Crippen molar-refractivity contribution in [3.05, 3.63) is 102 Å². The lowest BCUT2D eigenvalue weighted by Crippen LogP contribution is -3.00. The third-order valence-corrected chi connectivity index (χ3v) is 6.07. The molecule has 0 aliphatic heterocycles. The van der Waals surface area contributed by atoms with Crippen LogP contribution in [0.2, 0.25) is 0 Å². The summed E-state index contributed by atoms with van der Waals surface area (Å²) >= 11 is 0. The first kappa shape index (κ1) is 32.7. The molecule has 0 saturated carbocycles. The quantitative estimate of drug-likeness (QED) is 0.265. The van der Waals surface area contributed by atoms with Gasteiger partial charge in [-0.3, -0.25) is 0 Å². The van der Waals surface area contributed by atoms with Gasteiger partial charge in [-0.25, -0.2) is 0 Å². The van der Waals surface area contributed by atoms with Crippen molar-refractivity contribution in [2.75, 3.05) is 40.5 Å². The van der Waals surface area contributed by atoms with E-state index in [0.717, 1.165) is 36.3 Å². The molecule has 0 aromatic heterocycles. The second kappa shape index (κ2) is 15.8. The van der Waals surface area contributed by atoms with Gasteiger partial charge in [0.25, 0.3) is 0 Å². The molecule has 3 aromatic carbocycles. The summed E-state index contributed by atoms with van der Waals surface area (Å²) in [4.78, 5) is 0. The van der Waals surface area contributed by atoms with Crippen LogP contribution in [0, 0.1) is 5.41 Å². The SMILES string of the molecule is CC(C)(C)CC(C)(C)c1ccc(OCCOCC[N+](C)(C)Cc2ccccc2)cc1.[Cl-].c1ccccc1. The first-order valence-electron chi connectivity index (χ1n) is 13.1. The fourth-order valence-electron chi connectivity index (χ4n) is 4.60. The highest BCUT2D eigenvalue weighted by Crippen LogP contribution is 2.36. The van der Waals surface area contributed by atoms with Crippen molar-refractivity contribution < 1.29 is 26.4 Å². The zero-order valence-electron chi connectivity index (χ0n) is 24.0. The molecule has 3 rings (SSSR count). The van der Waals surface area contributed by atoms with E-state index in [9.17, 15) is 0 Å². The van der Waals surface area contributed by atoms with E-state index < -0.39 is 0 Å². The summed E-state index contributed by atoms with van der Waals surface area (Å²) in [5, 5.41) is 0. The van der Waals surface area contributed by atoms with Gasteiger partial charge in [-0.15, -0.1) is 0 Å². The van der Waals surface area contributed by atoms with Gasteiger partial charge in [-0.1, -0.05) is 113 Å². The van der Waals surface area contributed by atoms with E-state index in [1.165, 1.54) is 11.1 Å². The average Bonchev–Trinajstić information content (AvgIpc) is 2.82. The highest BCUT2D eigenvalue weighted by atomic mass is 35.5. The van der Waals surface area contributed by atoms with Gasteiger partial charge in [-0.2, -0.15) is 0 Å². The maximum atomic E-state index is 5.87. The Bertz CT molecular complexity index is 938. The third kappa shape index (κ3) is 14.3. The number of benzene rings is 3. The van der Waals surface area contributed by atoms with Crippen molar-refractivity contribution in [2.24, 2.45) is 5.41 Å². The van der Waals surface area contributed by atoms with Crippen LogP contribution in [0.1, 0.15) is 52.2 Å². The van der Waals surface area contributed by atoms with Crippen LogP contribution in [0.4, 0.5) is 0 Å². The Hall–Kier alpha value is -2.33. The predicted octanol–water partition coefficient (Wildman–Crippen LogP) is 4.76. The summed E-state index contributed by atoms with van der Waals surface area (Å²) in [5.74, 6) is 0.911. The van der Waals surface area contributed by atoms with Gasteiger partial charge >= 0.3 is 0 Å². The van der Waals surface area contributed by atoms with Gasteiger partial charge in [0, 0.05) is 5.56 Å². The number of nitrogens with zero attached hydrogens (tertiary/aromatic N) is 1. The van der Waals surface area contributed by atoms with Gasteiger partial charge in [0.15, 0.2) is 0 Å². The van der Waals surface area contributed by atoms with Crippen LogP contribution in [0.3, 0.4) is 0 Å². The maximum Gasteiger partial charge on any atom is 0.119 e. The molecular formula is C33H48ClNO2. The number of likely N-dealkylation sites (N-methyl/N-ethyl adjacent to an activating group) is 1. The minimum atomic E-state index is 0. The van der Waals surface area contributed by atoms with E-state index in [2.05, 4.69) is 103 Å². The Morgan fingerprint density at radius 1 is 0.649 bits per heavy atom. The predicted molar refractivity (Wildman–Crippen MR) is 153 cm³/mol. The molecule has 0 saturated heterocycles. The summed E-state index contributed by atoms with van der Waals surface area (Å²) < 4.78 is 12.6. The molecule has 0 spiro atoms. The topological polar surface area (TPSA) is 18.5 Å². The lowest BCUT2D eigenvalue weighted by atomic mass is 9.72. The van der Waals surface area contributed by atoms with E-state index in [0.29, 0.717) is 18.6 Å². The van der Waals surface area contributed by atoms with Crippen LogP contribution < -0.4 is 17.1 Å². The van der Waals surface area contributed by atoms with Gasteiger partial charge in [-0.05, 0) is 34.9 Å². The lowest BCUT2D eigenvalue weighted by molar-refractivity contribution is -0.904. The summed E-state index contributed by atoms with van der Waals surface area (Å²) in [5.41, 5.74) is 3.19. The number of hydrogen-bond acceptors (Lipinski definition) is 2. The highest BCUT2D eigenvalue weighted by Gasteiger charge is 2.27. The standard InChI is InChI=1S/C27H42NO2.C6H6.ClH/c1-26(2,3)22-27(4,5)24-13-15-25(16-14-24)30-20-19-29-18-17-28(6,7)21-23-11-9-8-10-12-23;1-2-4-6-5-3-1;/h8-16H,17-22H2,1-7H3;1-6H;1H/q+1;;/p-1. The zero-order chi connectivity index (χ0) is 26.5. The third-order valence-electron chi connectivity index (χ3n) is 6.07. The lowest BCUT2D eigenvalue weighted by Gasteiger charge is -2.33. The first-order valence-corrected chi connectivity index (χ1v) is 13.1. The molecule has 37 heavy (non-hydrogen) atoms. The van der Waals surface area contributed by atoms with Crippen LogP contribution in [-0.4, -0.2) is 44.9 Å². The number of quaternary nitrogens is 1. The fourth-order valence-corrected chi connectivity index (χ4v) is 4.60. The Kier molecular flexibility index (Phi) is 14.0. The van der Waals surface area contributed by atoms with E-state index in [-0.39, 0.29) is 17.8 Å². The molecule has 4 heteroatoms. The minimum absolute atomic E-state index is 0. The van der Waals surface area contributed by atoms with Crippen LogP contribution >= 0.6 is 0 Å². The Balaban J connectivity index is 0.000000855. The molecule has 0 N–H and O–H groups in total. The molecule has 0 atom stereocenters. The number of rotatable bonds is 11. The van der Waals surface area contributed by atoms with E-state index in [4.69, 9.17) is 9.47 Å². The first-order chi connectivity index (χ1) is 17.0. The second-order valence-corrected chi connectivity index (χ2v) is 12.1. The molecule has 3 nitrogen and oxygen atoms in total. The molecule has 0 aliphatic rings. The molecule has 0 amide bonds. The van der Waals surface area contributed by atoms with Crippen molar-refractivity contribution in [3.8, 4) is 5.75 Å². The molecule has 0 fully saturated rings. The Morgan fingerprint density at radius 3 is 1.68 bits per heavy atom. The van der Waals surface area contributed by atoms with Crippen LogP contribution in [0.5, 0.6) is 5.75 Å². The molecular weight excluding hydrogens is 478 g/mol. The maximum absolute atomic E-state index is 5.87. The van der Waals surface area contributed by atoms with E-state index >= 15 is 0 Å². The van der Waals surface area contributed by atoms with Crippen LogP contribution in [0.15, 0.2) is 91.0 Å². The van der Waals surface area contributed by atoms with Crippen molar-refractivity contribution in [1.82, 2.24) is 0 Å². The summed E-state index contributed by atoms with van der Waals surface area (Å²) in [6.45, 7) is 15.5. The largest absolute Gasteiger partial charge is 1.00 e. The average molecular weight is 526 g/mol. The van der Waals surface area contributed by atoms with E-state index in [1.54, 1.807) is 0 Å². The number of ether oxygens (including phenoxy) is 2. The number of hydrogen-bond donors (Lipinski definition) is 0. The molecule has 0 aliphatic carbocycles. The highest BCUT2D eigenvalue weighted by molar-refractivity contribution is 5.31. The van der Waals surface area contributed by atoms with Crippen molar-refractivity contribution in [2.45, 2.75) is 53.0 Å². The van der Waals surface area contributed by atoms with Gasteiger partial charge in [0.05, 0.1) is 27.3 Å². The van der Waals surface area contributed by atoms with E-state index in [1.807, 2.05) is 36.4 Å². The molecule has 0 radical (unpaired) electrons. The van der Waals surface area contributed by atoms with Crippen LogP contribution in [-0.2, 0) is 16.7 Å². The molecule has 0 bridgehead atoms. The van der Waals surface area contributed by atoms with Crippen molar-refractivity contribution >= 4 is 0 Å². The number of halogens is 1. The molecule has 0 heterocycles. The zero-order valence-corrected chi connectivity index (χ0v) is 24.8.